The van der Waals surface area contributed by atoms with Gasteiger partial charge in [0, 0.05) is 19.2 Å². The molecule has 0 aromatic heterocycles. The Labute approximate surface area is 186 Å². The Balaban J connectivity index is 1.59. The van der Waals surface area contributed by atoms with Gasteiger partial charge in [0.25, 0.3) is 15.9 Å². The molecule has 1 aliphatic heterocycles. The minimum atomic E-state index is -3.76. The first-order valence-electron chi connectivity index (χ1n) is 10.9. The number of hydrogen-bond acceptors (Lipinski definition) is 4. The molecule has 1 fully saturated rings. The van der Waals surface area contributed by atoms with Gasteiger partial charge >= 0.3 is 0 Å². The number of hydrogen-bond donors (Lipinski definition) is 1. The minimum Gasteiger partial charge on any atom is -0.352 e. The van der Waals surface area contributed by atoms with Crippen molar-refractivity contribution in [2.75, 3.05) is 37.5 Å². The summed E-state index contributed by atoms with van der Waals surface area (Å²) in [6, 6.07) is 13.5. The van der Waals surface area contributed by atoms with Crippen LogP contribution >= 0.6 is 0 Å². The van der Waals surface area contributed by atoms with Crippen LogP contribution in [0, 0.1) is 12.8 Å². The van der Waals surface area contributed by atoms with Crippen LogP contribution < -0.4 is 9.62 Å². The number of carbonyl (C=O) groups excluding carboxylic acids is 1. The maximum Gasteiger partial charge on any atom is 0.264 e. The van der Waals surface area contributed by atoms with E-state index in [1.807, 2.05) is 25.1 Å². The number of piperidine rings is 1. The predicted molar refractivity (Wildman–Crippen MR) is 125 cm³/mol. The largest absolute Gasteiger partial charge is 0.352 e. The highest BCUT2D eigenvalue weighted by molar-refractivity contribution is 7.92. The third-order valence-corrected chi connectivity index (χ3v) is 7.71. The van der Waals surface area contributed by atoms with Crippen molar-refractivity contribution in [1.82, 2.24) is 10.2 Å². The lowest BCUT2D eigenvalue weighted by Gasteiger charge is -2.30. The molecule has 0 radical (unpaired) electrons. The van der Waals surface area contributed by atoms with Gasteiger partial charge in [0.05, 0.1) is 10.6 Å². The molecule has 0 atom stereocenters. The zero-order valence-electron chi connectivity index (χ0n) is 18.7. The van der Waals surface area contributed by atoms with Crippen LogP contribution in [0.4, 0.5) is 5.69 Å². The fourth-order valence-corrected chi connectivity index (χ4v) is 5.04. The van der Waals surface area contributed by atoms with E-state index in [2.05, 4.69) is 17.1 Å². The van der Waals surface area contributed by atoms with Crippen LogP contribution in [0.5, 0.6) is 0 Å². The molecule has 1 N–H and O–H groups in total. The summed E-state index contributed by atoms with van der Waals surface area (Å²) in [6.07, 6.45) is 3.36. The zero-order valence-corrected chi connectivity index (χ0v) is 19.5. The van der Waals surface area contributed by atoms with Gasteiger partial charge in [0.15, 0.2) is 0 Å². The Morgan fingerprint density at radius 2 is 1.84 bits per heavy atom. The molecule has 168 valence electrons. The number of sulfonamides is 1. The fourth-order valence-electron chi connectivity index (χ4n) is 3.81. The molecule has 7 heteroatoms. The molecule has 1 saturated heterocycles. The number of anilines is 1. The molecule has 2 aromatic rings. The second-order valence-electron chi connectivity index (χ2n) is 8.47. The Morgan fingerprint density at radius 1 is 1.13 bits per heavy atom. The highest BCUT2D eigenvalue weighted by Crippen LogP contribution is 2.23. The summed E-state index contributed by atoms with van der Waals surface area (Å²) in [6.45, 7) is 8.02. The van der Waals surface area contributed by atoms with Gasteiger partial charge < -0.3 is 10.2 Å². The van der Waals surface area contributed by atoms with Crippen LogP contribution in [0.3, 0.4) is 0 Å². The van der Waals surface area contributed by atoms with Gasteiger partial charge in [-0.2, -0.15) is 0 Å². The van der Waals surface area contributed by atoms with Gasteiger partial charge in [-0.3, -0.25) is 9.10 Å². The third-order valence-electron chi connectivity index (χ3n) is 5.93. The highest BCUT2D eigenvalue weighted by Gasteiger charge is 2.22. The molecule has 1 heterocycles. The van der Waals surface area contributed by atoms with Gasteiger partial charge in [0.1, 0.15) is 0 Å². The predicted octanol–water partition coefficient (Wildman–Crippen LogP) is 3.67. The summed E-state index contributed by atoms with van der Waals surface area (Å²) >= 11 is 0. The number of nitrogens with one attached hydrogen (secondary N) is 1. The minimum absolute atomic E-state index is 0.103. The van der Waals surface area contributed by atoms with Crippen molar-refractivity contribution in [2.24, 2.45) is 5.92 Å². The van der Waals surface area contributed by atoms with E-state index in [9.17, 15) is 13.2 Å². The van der Waals surface area contributed by atoms with Crippen molar-refractivity contribution < 1.29 is 13.2 Å². The second-order valence-corrected chi connectivity index (χ2v) is 10.4. The quantitative estimate of drug-likeness (QED) is 0.632. The first-order chi connectivity index (χ1) is 14.8. The van der Waals surface area contributed by atoms with Crippen molar-refractivity contribution >= 4 is 21.6 Å². The Kier molecular flexibility index (Phi) is 7.73. The van der Waals surface area contributed by atoms with Crippen LogP contribution in [-0.4, -0.2) is 52.5 Å². The zero-order chi connectivity index (χ0) is 22.4. The maximum atomic E-state index is 13.1. The molecule has 31 heavy (non-hydrogen) atoms. The number of amides is 1. The van der Waals surface area contributed by atoms with Crippen LogP contribution in [0.1, 0.15) is 42.1 Å². The fraction of sp³-hybridized carbons (Fsp3) is 0.458. The SMILES string of the molecule is Cc1cccc(N(C)S(=O)(=O)c2cccc(C(=O)NCCCN3CCC(C)CC3)c2)c1. The molecule has 0 saturated carbocycles. The summed E-state index contributed by atoms with van der Waals surface area (Å²) in [5.41, 5.74) is 1.92. The molecular weight excluding hydrogens is 410 g/mol. The number of likely N-dealkylation sites (tertiary alicyclic amines) is 1. The van der Waals surface area contributed by atoms with Crippen LogP contribution in [-0.2, 0) is 10.0 Å². The smallest absolute Gasteiger partial charge is 0.264 e. The van der Waals surface area contributed by atoms with Crippen molar-refractivity contribution in [3.05, 3.63) is 59.7 Å². The Bertz CT molecular complexity index is 999. The van der Waals surface area contributed by atoms with Crippen molar-refractivity contribution in [3.63, 3.8) is 0 Å². The first kappa shape index (κ1) is 23.3. The van der Waals surface area contributed by atoms with Crippen LogP contribution in [0.2, 0.25) is 0 Å². The number of rotatable bonds is 8. The van der Waals surface area contributed by atoms with E-state index in [-0.39, 0.29) is 10.8 Å². The molecule has 0 aliphatic carbocycles. The summed E-state index contributed by atoms with van der Waals surface area (Å²) in [7, 11) is -2.24. The van der Waals surface area contributed by atoms with E-state index >= 15 is 0 Å². The average molecular weight is 444 g/mol. The monoisotopic (exact) mass is 443 g/mol. The number of aryl methyl sites for hydroxylation is 1. The number of nitrogens with zero attached hydrogens (tertiary/aromatic N) is 2. The third kappa shape index (κ3) is 6.08. The van der Waals surface area contributed by atoms with Gasteiger partial charge in [-0.15, -0.1) is 0 Å². The summed E-state index contributed by atoms with van der Waals surface area (Å²) in [5.74, 6) is 0.562. The van der Waals surface area contributed by atoms with Crippen molar-refractivity contribution in [1.29, 1.82) is 0 Å². The van der Waals surface area contributed by atoms with Crippen molar-refractivity contribution in [2.45, 2.75) is 38.0 Å². The molecular formula is C24H33N3O3S. The van der Waals surface area contributed by atoms with E-state index in [0.717, 1.165) is 37.5 Å². The Morgan fingerprint density at radius 3 is 2.55 bits per heavy atom. The average Bonchev–Trinajstić information content (AvgIpc) is 2.77. The molecule has 0 bridgehead atoms. The van der Waals surface area contributed by atoms with E-state index < -0.39 is 10.0 Å². The lowest BCUT2D eigenvalue weighted by Crippen LogP contribution is -2.35. The van der Waals surface area contributed by atoms with Crippen LogP contribution in [0.15, 0.2) is 53.4 Å². The lowest BCUT2D eigenvalue weighted by atomic mass is 9.99. The molecule has 1 amide bonds. The summed E-state index contributed by atoms with van der Waals surface area (Å²) in [5, 5.41) is 2.92. The summed E-state index contributed by atoms with van der Waals surface area (Å²) in [4.78, 5) is 15.1. The normalized spacial score (nSPS) is 15.6. The Hall–Kier alpha value is -2.38. The highest BCUT2D eigenvalue weighted by atomic mass is 32.2. The van der Waals surface area contributed by atoms with Gasteiger partial charge in [-0.1, -0.05) is 25.1 Å². The van der Waals surface area contributed by atoms with E-state index in [4.69, 9.17) is 0 Å². The van der Waals surface area contributed by atoms with E-state index in [1.54, 1.807) is 18.2 Å². The topological polar surface area (TPSA) is 69.7 Å². The van der Waals surface area contributed by atoms with Gasteiger partial charge in [-0.05, 0) is 87.6 Å². The van der Waals surface area contributed by atoms with Crippen molar-refractivity contribution in [3.8, 4) is 0 Å². The lowest BCUT2D eigenvalue weighted by molar-refractivity contribution is 0.0950. The molecule has 3 rings (SSSR count). The first-order valence-corrected chi connectivity index (χ1v) is 12.4. The molecule has 0 unspecified atom stereocenters. The van der Waals surface area contributed by atoms with Gasteiger partial charge in [-0.25, -0.2) is 8.42 Å². The summed E-state index contributed by atoms with van der Waals surface area (Å²) < 4.78 is 27.4. The second kappa shape index (κ2) is 10.3. The molecule has 2 aromatic carbocycles. The number of carbonyl (C=O) groups is 1. The molecule has 0 spiro atoms. The molecule has 1 aliphatic rings. The number of benzene rings is 2. The van der Waals surface area contributed by atoms with Gasteiger partial charge in [0.2, 0.25) is 0 Å². The standard InChI is InChI=1S/C24H33N3O3S/c1-19-11-15-27(16-12-19)14-6-13-25-24(28)21-8-5-10-23(18-21)31(29,30)26(3)22-9-4-7-20(2)17-22/h4-5,7-10,17-19H,6,11-16H2,1-3H3,(H,25,28). The van der Waals surface area contributed by atoms with Crippen LogP contribution in [0.25, 0.3) is 0 Å². The maximum absolute atomic E-state index is 13.1. The van der Waals surface area contributed by atoms with E-state index in [1.165, 1.54) is 36.3 Å². The molecule has 6 nitrogen and oxygen atoms in total. The van der Waals surface area contributed by atoms with E-state index in [0.29, 0.717) is 17.8 Å².